The van der Waals surface area contributed by atoms with Gasteiger partial charge in [-0.25, -0.2) is 0 Å². The number of carboxylic acid groups (broad SMARTS) is 1. The quantitative estimate of drug-likeness (QED) is 0.645. The molecule has 5 heteroatoms. The van der Waals surface area contributed by atoms with E-state index in [9.17, 15) is 14.4 Å². The highest BCUT2D eigenvalue weighted by atomic mass is 16.4. The smallest absolute Gasteiger partial charge is 0.324 e. The lowest BCUT2D eigenvalue weighted by Gasteiger charge is -2.31. The summed E-state index contributed by atoms with van der Waals surface area (Å²) in [4.78, 5) is 37.2. The second-order valence-electron chi connectivity index (χ2n) is 5.20. The van der Waals surface area contributed by atoms with Crippen molar-refractivity contribution in [2.45, 2.75) is 32.6 Å². The Balaban J connectivity index is 2.29. The average Bonchev–Trinajstić information content (AvgIpc) is 2.46. The van der Waals surface area contributed by atoms with Gasteiger partial charge in [0, 0.05) is 12.1 Å². The lowest BCUT2D eigenvalue weighted by atomic mass is 9.90. The first-order valence-electron chi connectivity index (χ1n) is 7.25. The molecule has 0 aromatic heterocycles. The van der Waals surface area contributed by atoms with Gasteiger partial charge < -0.3 is 10.0 Å². The summed E-state index contributed by atoms with van der Waals surface area (Å²) in [7, 11) is 0. The number of carbonyl (C=O) groups is 3. The Morgan fingerprint density at radius 1 is 1.19 bits per heavy atom. The van der Waals surface area contributed by atoms with Crippen molar-refractivity contribution in [3.63, 3.8) is 0 Å². The fourth-order valence-electron chi connectivity index (χ4n) is 2.60. The molecule has 1 aliphatic heterocycles. The number of carboxylic acids is 1. The summed E-state index contributed by atoms with van der Waals surface area (Å²) in [6.45, 7) is 2.55. The van der Waals surface area contributed by atoms with Crippen molar-refractivity contribution < 1.29 is 19.5 Å². The minimum absolute atomic E-state index is 0.319. The number of hydrogen-bond donors (Lipinski definition) is 1. The van der Waals surface area contributed by atoms with Crippen LogP contribution < -0.4 is 4.90 Å². The van der Waals surface area contributed by atoms with Crippen molar-refractivity contribution in [1.29, 1.82) is 0 Å². The summed E-state index contributed by atoms with van der Waals surface area (Å²) in [5, 5.41) is 9.16. The first kappa shape index (κ1) is 15.2. The normalized spacial score (nSPS) is 17.8. The Morgan fingerprint density at radius 3 is 2.57 bits per heavy atom. The molecule has 1 aromatic carbocycles. The first-order valence-corrected chi connectivity index (χ1v) is 7.25. The molecule has 0 bridgehead atoms. The monoisotopic (exact) mass is 289 g/mol. The van der Waals surface area contributed by atoms with E-state index in [4.69, 9.17) is 5.11 Å². The van der Waals surface area contributed by atoms with Gasteiger partial charge in [-0.05, 0) is 18.6 Å². The molecule has 112 valence electrons. The minimum Gasteiger partial charge on any atom is -0.480 e. The number of unbranched alkanes of at least 4 members (excludes halogenated alkanes) is 3. The maximum Gasteiger partial charge on any atom is 0.324 e. The van der Waals surface area contributed by atoms with Gasteiger partial charge in [0.25, 0.3) is 0 Å². The molecule has 1 aromatic rings. The maximum absolute atomic E-state index is 12.3. The van der Waals surface area contributed by atoms with Crippen molar-refractivity contribution in [2.24, 2.45) is 5.92 Å². The molecule has 0 saturated carbocycles. The Bertz CT molecular complexity index is 567. The number of rotatable bonds is 6. The van der Waals surface area contributed by atoms with E-state index in [0.717, 1.165) is 25.7 Å². The van der Waals surface area contributed by atoms with E-state index in [1.807, 2.05) is 0 Å². The minimum atomic E-state index is -1.61. The van der Waals surface area contributed by atoms with Gasteiger partial charge in [0.15, 0.2) is 11.7 Å². The van der Waals surface area contributed by atoms with Crippen LogP contribution in [0.15, 0.2) is 24.3 Å². The zero-order chi connectivity index (χ0) is 15.4. The first-order chi connectivity index (χ1) is 10.1. The molecule has 0 radical (unpaired) electrons. The summed E-state index contributed by atoms with van der Waals surface area (Å²) in [5.74, 6) is -4.22. The largest absolute Gasteiger partial charge is 0.480 e. The van der Waals surface area contributed by atoms with Crippen LogP contribution in [-0.4, -0.2) is 29.3 Å². The number of aliphatic carboxylic acids is 1. The number of hydrogen-bond acceptors (Lipinski definition) is 3. The van der Waals surface area contributed by atoms with E-state index >= 15 is 0 Å². The molecule has 21 heavy (non-hydrogen) atoms. The molecule has 5 nitrogen and oxygen atoms in total. The van der Waals surface area contributed by atoms with E-state index in [2.05, 4.69) is 6.92 Å². The number of amides is 1. The van der Waals surface area contributed by atoms with E-state index in [1.54, 1.807) is 24.3 Å². The van der Waals surface area contributed by atoms with Gasteiger partial charge in [-0.15, -0.1) is 0 Å². The average molecular weight is 289 g/mol. The highest BCUT2D eigenvalue weighted by Gasteiger charge is 2.43. The Kier molecular flexibility index (Phi) is 4.73. The van der Waals surface area contributed by atoms with Gasteiger partial charge in [-0.2, -0.15) is 0 Å². The van der Waals surface area contributed by atoms with Crippen molar-refractivity contribution >= 4 is 23.3 Å². The molecule has 1 N–H and O–H groups in total. The SMILES string of the molecule is CCCCCCN1C(=O)C(C(=O)O)C(=O)c2ccccc21. The van der Waals surface area contributed by atoms with Gasteiger partial charge in [0.1, 0.15) is 0 Å². The Labute approximate surface area is 123 Å². The number of carbonyl (C=O) groups excluding carboxylic acids is 2. The molecule has 1 unspecified atom stereocenters. The molecule has 0 aliphatic carbocycles. The summed E-state index contributed by atoms with van der Waals surface area (Å²) in [5.41, 5.74) is 0.849. The number of nitrogens with zero attached hydrogens (tertiary/aromatic N) is 1. The van der Waals surface area contributed by atoms with E-state index in [-0.39, 0.29) is 0 Å². The third kappa shape index (κ3) is 2.96. The second kappa shape index (κ2) is 6.52. The van der Waals surface area contributed by atoms with Crippen LogP contribution in [0.3, 0.4) is 0 Å². The van der Waals surface area contributed by atoms with Crippen molar-refractivity contribution in [3.8, 4) is 0 Å². The highest BCUT2D eigenvalue weighted by Crippen LogP contribution is 2.31. The summed E-state index contributed by atoms with van der Waals surface area (Å²) in [6.07, 6.45) is 3.94. The predicted molar refractivity (Wildman–Crippen MR) is 78.4 cm³/mol. The van der Waals surface area contributed by atoms with Crippen LogP contribution in [0.1, 0.15) is 43.0 Å². The Hall–Kier alpha value is -2.17. The van der Waals surface area contributed by atoms with Crippen molar-refractivity contribution in [1.82, 2.24) is 0 Å². The number of fused-ring (bicyclic) bond motifs is 1. The van der Waals surface area contributed by atoms with Crippen LogP contribution in [0.25, 0.3) is 0 Å². The lowest BCUT2D eigenvalue weighted by molar-refractivity contribution is -0.144. The topological polar surface area (TPSA) is 74.7 Å². The van der Waals surface area contributed by atoms with Crippen LogP contribution in [0, 0.1) is 5.92 Å². The molecule has 1 atom stereocenters. The number of anilines is 1. The predicted octanol–water partition coefficient (Wildman–Crippen LogP) is 2.50. The van der Waals surface area contributed by atoms with Crippen LogP contribution in [0.2, 0.25) is 0 Å². The molecule has 0 fully saturated rings. The molecular formula is C16H19NO4. The zero-order valence-corrected chi connectivity index (χ0v) is 12.0. The fraction of sp³-hybridized carbons (Fsp3) is 0.438. The van der Waals surface area contributed by atoms with Gasteiger partial charge >= 0.3 is 5.97 Å². The van der Waals surface area contributed by atoms with E-state index in [0.29, 0.717) is 17.8 Å². The molecular weight excluding hydrogens is 270 g/mol. The molecule has 0 spiro atoms. The van der Waals surface area contributed by atoms with Crippen LogP contribution in [0.5, 0.6) is 0 Å². The third-order valence-electron chi connectivity index (χ3n) is 3.72. The fourth-order valence-corrected chi connectivity index (χ4v) is 2.60. The summed E-state index contributed by atoms with van der Waals surface area (Å²) >= 11 is 0. The highest BCUT2D eigenvalue weighted by molar-refractivity contribution is 6.30. The maximum atomic E-state index is 12.3. The summed E-state index contributed by atoms with van der Waals surface area (Å²) in [6, 6.07) is 6.71. The van der Waals surface area contributed by atoms with Crippen molar-refractivity contribution in [3.05, 3.63) is 29.8 Å². The van der Waals surface area contributed by atoms with E-state index < -0.39 is 23.6 Å². The summed E-state index contributed by atoms with van der Waals surface area (Å²) < 4.78 is 0. The molecule has 1 aliphatic rings. The van der Waals surface area contributed by atoms with Crippen LogP contribution >= 0.6 is 0 Å². The number of benzene rings is 1. The van der Waals surface area contributed by atoms with Gasteiger partial charge in [0.05, 0.1) is 5.69 Å². The molecule has 0 saturated heterocycles. The standard InChI is InChI=1S/C16H19NO4/c1-2-3-4-7-10-17-12-9-6-5-8-11(12)14(18)13(15(17)19)16(20)21/h5-6,8-9,13H,2-4,7,10H2,1H3,(H,20,21). The molecule has 1 heterocycles. The number of Topliss-reactive ketones (excluding diaryl/α,β-unsaturated/α-hetero) is 1. The number of ketones is 1. The molecule has 1 amide bonds. The lowest BCUT2D eigenvalue weighted by Crippen LogP contribution is -2.48. The third-order valence-corrected chi connectivity index (χ3v) is 3.72. The Morgan fingerprint density at radius 2 is 1.90 bits per heavy atom. The number of para-hydroxylation sites is 1. The molecule has 2 rings (SSSR count). The van der Waals surface area contributed by atoms with E-state index in [1.165, 1.54) is 4.90 Å². The van der Waals surface area contributed by atoms with Gasteiger partial charge in [-0.3, -0.25) is 14.4 Å². The van der Waals surface area contributed by atoms with Gasteiger partial charge in [-0.1, -0.05) is 38.3 Å². The van der Waals surface area contributed by atoms with Crippen molar-refractivity contribution in [2.75, 3.05) is 11.4 Å². The van der Waals surface area contributed by atoms with Crippen LogP contribution in [-0.2, 0) is 9.59 Å². The van der Waals surface area contributed by atoms with Crippen LogP contribution in [0.4, 0.5) is 5.69 Å². The zero-order valence-electron chi connectivity index (χ0n) is 12.0. The second-order valence-corrected chi connectivity index (χ2v) is 5.20. The van der Waals surface area contributed by atoms with Gasteiger partial charge in [0.2, 0.25) is 5.91 Å².